The second-order valence-corrected chi connectivity index (χ2v) is 14.2. The van der Waals surface area contributed by atoms with Gasteiger partial charge in [0.1, 0.15) is 0 Å². The first-order valence-corrected chi connectivity index (χ1v) is 19.5. The summed E-state index contributed by atoms with van der Waals surface area (Å²) in [6, 6.07) is 22.0. The monoisotopic (exact) mass is 662 g/mol. The number of sulfonamides is 1. The van der Waals surface area contributed by atoms with Gasteiger partial charge in [0.25, 0.3) is 0 Å². The van der Waals surface area contributed by atoms with Crippen molar-refractivity contribution in [3.8, 4) is 0 Å². The summed E-state index contributed by atoms with van der Waals surface area (Å²) in [4.78, 5) is 2.68. The molecule has 3 fully saturated rings. The number of hydrogen-bond acceptors (Lipinski definition) is 8. The van der Waals surface area contributed by atoms with E-state index in [1.807, 2.05) is 17.1 Å². The van der Waals surface area contributed by atoms with Crippen molar-refractivity contribution in [2.75, 3.05) is 65.2 Å². The maximum Gasteiger partial charge on any atom is 0.206 e. The molecule has 0 radical (unpaired) electrons. The Kier molecular flexibility index (Phi) is 23.9. The lowest BCUT2D eigenvalue weighted by molar-refractivity contribution is 0.0929. The summed E-state index contributed by atoms with van der Waals surface area (Å²) in [7, 11) is -3.17. The number of benzene rings is 2. The van der Waals surface area contributed by atoms with Crippen LogP contribution in [-0.2, 0) is 10.0 Å². The number of primary sulfonamides is 1. The quantitative estimate of drug-likeness (QED) is 0.273. The normalized spacial score (nSPS) is 19.2. The van der Waals surface area contributed by atoms with Crippen molar-refractivity contribution in [1.82, 2.24) is 20.5 Å². The fourth-order valence-corrected chi connectivity index (χ4v) is 5.87. The van der Waals surface area contributed by atoms with Crippen LogP contribution in [0.5, 0.6) is 0 Å². The summed E-state index contributed by atoms with van der Waals surface area (Å²) in [5, 5.41) is 12.7. The van der Waals surface area contributed by atoms with E-state index in [1.54, 1.807) is 0 Å². The van der Waals surface area contributed by atoms with Crippen LogP contribution < -0.4 is 27.3 Å². The van der Waals surface area contributed by atoms with Gasteiger partial charge >= 0.3 is 0 Å². The third kappa shape index (κ3) is 21.8. The lowest BCUT2D eigenvalue weighted by Crippen LogP contribution is -2.48. The highest BCUT2D eigenvalue weighted by atomic mass is 32.2. The minimum atomic E-state index is -3.17. The highest BCUT2D eigenvalue weighted by Crippen LogP contribution is 2.27. The van der Waals surface area contributed by atoms with Crippen LogP contribution >= 0.6 is 0 Å². The van der Waals surface area contributed by atoms with Gasteiger partial charge in [0, 0.05) is 25.0 Å². The Morgan fingerprint density at radius 2 is 1.35 bits per heavy atom. The van der Waals surface area contributed by atoms with Gasteiger partial charge in [-0.15, -0.1) is 0 Å². The fraction of sp³-hybridized carbons (Fsp3) is 0.667. The molecule has 0 aliphatic carbocycles. The molecule has 0 amide bonds. The smallest absolute Gasteiger partial charge is 0.206 e. The van der Waals surface area contributed by atoms with Crippen LogP contribution in [0.1, 0.15) is 89.2 Å². The largest absolute Gasteiger partial charge is 0.330 e. The molecule has 8 N–H and O–H groups in total. The lowest BCUT2D eigenvalue weighted by Gasteiger charge is -2.38. The summed E-state index contributed by atoms with van der Waals surface area (Å²) in [5.74, 6) is 7.09. The van der Waals surface area contributed by atoms with Crippen molar-refractivity contribution >= 4 is 10.0 Å². The Labute approximate surface area is 282 Å². The molecule has 5 rings (SSSR count). The second-order valence-electron chi connectivity index (χ2n) is 12.6. The van der Waals surface area contributed by atoms with E-state index in [0.29, 0.717) is 12.5 Å². The molecule has 0 bridgehead atoms. The highest BCUT2D eigenvalue weighted by Gasteiger charge is 2.24. The molecule has 1 unspecified atom stereocenters. The molecule has 9 nitrogen and oxygen atoms in total. The third-order valence-electron chi connectivity index (χ3n) is 8.31. The number of hydrogen-bond donors (Lipinski definition) is 5. The van der Waals surface area contributed by atoms with Crippen molar-refractivity contribution in [3.05, 3.63) is 71.8 Å². The number of piperidine rings is 3. The maximum absolute atomic E-state index is 9.41. The van der Waals surface area contributed by atoms with Crippen LogP contribution in [0.15, 0.2) is 60.7 Å². The van der Waals surface area contributed by atoms with Crippen molar-refractivity contribution in [3.63, 3.8) is 0 Å². The van der Waals surface area contributed by atoms with E-state index in [0.717, 1.165) is 50.8 Å². The number of nitrogens with one attached hydrogen (secondary N) is 2. The van der Waals surface area contributed by atoms with Crippen molar-refractivity contribution in [1.29, 1.82) is 0 Å². The van der Waals surface area contributed by atoms with Crippen LogP contribution in [0.3, 0.4) is 0 Å². The number of nitrogens with zero attached hydrogens (tertiary/aromatic N) is 2. The van der Waals surface area contributed by atoms with Crippen LogP contribution in [0.25, 0.3) is 0 Å². The van der Waals surface area contributed by atoms with Gasteiger partial charge in [-0.2, -0.15) is 0 Å². The maximum atomic E-state index is 9.41. The van der Waals surface area contributed by atoms with Crippen LogP contribution in [0, 0.1) is 5.92 Å². The Hall–Kier alpha value is -1.89. The van der Waals surface area contributed by atoms with Gasteiger partial charge in [0.15, 0.2) is 0 Å². The van der Waals surface area contributed by atoms with Gasteiger partial charge in [-0.1, -0.05) is 87.9 Å². The van der Waals surface area contributed by atoms with Crippen LogP contribution in [-0.4, -0.2) is 89.5 Å². The first kappa shape index (κ1) is 42.1. The molecule has 0 aromatic heterocycles. The number of hydrazine groups is 1. The lowest BCUT2D eigenvalue weighted by atomic mass is 9.89. The summed E-state index contributed by atoms with van der Waals surface area (Å²) in [6.45, 7) is 16.7. The first-order chi connectivity index (χ1) is 22.1. The molecular formula is C36H67N7O2S. The molecule has 264 valence electrons. The number of rotatable bonds is 7. The predicted molar refractivity (Wildman–Crippen MR) is 197 cm³/mol. The van der Waals surface area contributed by atoms with Crippen molar-refractivity contribution < 1.29 is 8.42 Å². The van der Waals surface area contributed by atoms with Gasteiger partial charge in [-0.3, -0.25) is 5.84 Å². The summed E-state index contributed by atoms with van der Waals surface area (Å²) >= 11 is 0. The summed E-state index contributed by atoms with van der Waals surface area (Å²) in [5.41, 5.74) is 8.40. The van der Waals surface area contributed by atoms with Crippen LogP contribution in [0.2, 0.25) is 0 Å². The van der Waals surface area contributed by atoms with Gasteiger partial charge in [-0.25, -0.2) is 18.6 Å². The molecule has 0 spiro atoms. The number of likely N-dealkylation sites (tertiary alicyclic amines) is 1. The zero-order valence-electron chi connectivity index (χ0n) is 29.4. The van der Waals surface area contributed by atoms with E-state index in [9.17, 15) is 8.42 Å². The molecule has 1 atom stereocenters. The van der Waals surface area contributed by atoms with Crippen LogP contribution in [0.4, 0.5) is 0 Å². The molecule has 2 aromatic rings. The minimum Gasteiger partial charge on any atom is -0.330 e. The second kappa shape index (κ2) is 26.1. The zero-order chi connectivity index (χ0) is 34.0. The van der Waals surface area contributed by atoms with E-state index < -0.39 is 10.0 Å². The van der Waals surface area contributed by atoms with E-state index in [1.165, 1.54) is 82.3 Å². The molecule has 0 saturated carbocycles. The average Bonchev–Trinajstić information content (AvgIpc) is 3.06. The topological polar surface area (TPSA) is 143 Å². The van der Waals surface area contributed by atoms with Gasteiger partial charge < -0.3 is 21.3 Å². The Morgan fingerprint density at radius 1 is 0.848 bits per heavy atom. The molecule has 3 aliphatic rings. The van der Waals surface area contributed by atoms with E-state index in [2.05, 4.69) is 90.0 Å². The molecule has 3 saturated heterocycles. The highest BCUT2D eigenvalue weighted by molar-refractivity contribution is 7.88. The molecule has 2 aromatic carbocycles. The predicted octanol–water partition coefficient (Wildman–Crippen LogP) is 4.50. The molecule has 3 aliphatic heterocycles. The number of nitrogens with two attached hydrogens (primary N) is 3. The minimum absolute atomic E-state index is 0.424. The molecule has 3 heterocycles. The summed E-state index contributed by atoms with van der Waals surface area (Å²) in [6.07, 6.45) is 11.5. The SMILES string of the molecule is CC1CCCNC1.CCNCC.CS(N)(=O)=O.NCCC(c1ccccc1)c1ccccc1.NN1CCC(N2CCCCC2)CC1. The first-order valence-electron chi connectivity index (χ1n) is 17.5. The Bertz CT molecular complexity index is 1010. The molecule has 46 heavy (non-hydrogen) atoms. The molecule has 10 heteroatoms. The van der Waals surface area contributed by atoms with E-state index in [-0.39, 0.29) is 0 Å². The Balaban J connectivity index is 0.000000314. The fourth-order valence-electron chi connectivity index (χ4n) is 5.87. The third-order valence-corrected chi connectivity index (χ3v) is 8.31. The van der Waals surface area contributed by atoms with Crippen molar-refractivity contribution in [2.45, 2.75) is 84.1 Å². The Morgan fingerprint density at radius 3 is 1.70 bits per heavy atom. The average molecular weight is 662 g/mol. The van der Waals surface area contributed by atoms with E-state index in [4.69, 9.17) is 11.6 Å². The van der Waals surface area contributed by atoms with E-state index >= 15 is 0 Å². The van der Waals surface area contributed by atoms with Crippen molar-refractivity contribution in [2.24, 2.45) is 22.6 Å². The van der Waals surface area contributed by atoms with Gasteiger partial charge in [0.05, 0.1) is 6.26 Å². The van der Waals surface area contributed by atoms with Gasteiger partial charge in [-0.05, 0) is 108 Å². The zero-order valence-corrected chi connectivity index (χ0v) is 30.2. The molecular weight excluding hydrogens is 595 g/mol. The summed E-state index contributed by atoms with van der Waals surface area (Å²) < 4.78 is 18.8. The standard InChI is InChI=1S/C15H17N.C10H21N3.C6H13N.C4H11N.CH5NO2S/c16-12-11-15(13-7-3-1-4-8-13)14-9-5-2-6-10-14;11-13-8-4-10(5-9-13)12-6-2-1-3-7-12;1-6-3-2-4-7-5-6;1-3-5-4-2;1-5(2,3)4/h1-10,15H,11-12,16H2;10H,1-9,11H2;6-7H,2-5H2,1H3;5H,3-4H2,1-2H3;1H3,(H2,2,3,4). The van der Waals surface area contributed by atoms with Gasteiger partial charge in [0.2, 0.25) is 10.0 Å².